The largest absolute Gasteiger partial charge is 0.394 e. The third-order valence-corrected chi connectivity index (χ3v) is 1.44. The van der Waals surface area contributed by atoms with Crippen LogP contribution in [0.15, 0.2) is 12.2 Å². The van der Waals surface area contributed by atoms with E-state index in [1.54, 1.807) is 0 Å². The smallest absolute Gasteiger partial charge is 0.360 e. The summed E-state index contributed by atoms with van der Waals surface area (Å²) in [5.41, 5.74) is 0.168. The quantitative estimate of drug-likeness (QED) is 0.476. The zero-order valence-electron chi connectivity index (χ0n) is 8.77. The van der Waals surface area contributed by atoms with Crippen molar-refractivity contribution in [1.29, 1.82) is 0 Å². The maximum absolute atomic E-state index is 11.3. The second kappa shape index (κ2) is 6.15. The van der Waals surface area contributed by atoms with Crippen LogP contribution >= 0.6 is 0 Å². The van der Waals surface area contributed by atoms with Crippen molar-refractivity contribution in [2.45, 2.75) is 20.0 Å². The van der Waals surface area contributed by atoms with Gasteiger partial charge in [-0.1, -0.05) is 6.58 Å². The summed E-state index contributed by atoms with van der Waals surface area (Å²) in [5, 5.41) is 18.2. The molecule has 0 rings (SSSR count). The van der Waals surface area contributed by atoms with Crippen molar-refractivity contribution >= 4 is 11.9 Å². The molecule has 86 valence electrons. The van der Waals surface area contributed by atoms with Gasteiger partial charge in [-0.15, -0.1) is 0 Å². The zero-order valence-corrected chi connectivity index (χ0v) is 8.77. The van der Waals surface area contributed by atoms with E-state index in [0.717, 1.165) is 0 Å². The number of carbonyl (C=O) groups excluding carboxylic acids is 2. The van der Waals surface area contributed by atoms with E-state index in [-0.39, 0.29) is 18.7 Å². The number of rotatable bonds is 4. The van der Waals surface area contributed by atoms with Gasteiger partial charge < -0.3 is 15.1 Å². The molecule has 1 unspecified atom stereocenters. The topological polar surface area (TPSA) is 87.1 Å². The Hall–Kier alpha value is -1.40. The van der Waals surface area contributed by atoms with Crippen molar-refractivity contribution in [2.24, 2.45) is 0 Å². The summed E-state index contributed by atoms with van der Waals surface area (Å²) in [6, 6.07) is 0. The van der Waals surface area contributed by atoms with Gasteiger partial charge >= 0.3 is 5.97 Å². The molecule has 0 saturated heterocycles. The molecule has 0 aliphatic rings. The van der Waals surface area contributed by atoms with Gasteiger partial charge in [0.25, 0.3) is 5.91 Å². The Kier molecular flexibility index (Phi) is 5.58. The van der Waals surface area contributed by atoms with Gasteiger partial charge in [-0.2, -0.15) is 5.06 Å². The molecule has 0 fully saturated rings. The molecule has 0 aliphatic heterocycles. The molecule has 0 aromatic rings. The highest BCUT2D eigenvalue weighted by Crippen LogP contribution is 2.01. The Labute approximate surface area is 87.7 Å². The first-order valence-electron chi connectivity index (χ1n) is 4.38. The Bertz CT molecular complexity index is 261. The normalized spacial score (nSPS) is 11.7. The van der Waals surface area contributed by atoms with Crippen molar-refractivity contribution in [1.82, 2.24) is 5.06 Å². The number of amides is 1. The van der Waals surface area contributed by atoms with Crippen LogP contribution in [0.4, 0.5) is 0 Å². The van der Waals surface area contributed by atoms with Crippen LogP contribution in [0.5, 0.6) is 0 Å². The minimum atomic E-state index is -1.33. The monoisotopic (exact) mass is 217 g/mol. The molecule has 6 nitrogen and oxygen atoms in total. The lowest BCUT2D eigenvalue weighted by molar-refractivity contribution is -0.203. The van der Waals surface area contributed by atoms with Crippen LogP contribution in [0.2, 0.25) is 0 Å². The van der Waals surface area contributed by atoms with Crippen molar-refractivity contribution in [3.63, 3.8) is 0 Å². The summed E-state index contributed by atoms with van der Waals surface area (Å²) in [6.07, 6.45) is -1.33. The Morgan fingerprint density at radius 1 is 1.53 bits per heavy atom. The molecule has 0 aromatic carbocycles. The molecule has 0 heterocycles. The van der Waals surface area contributed by atoms with Crippen LogP contribution in [-0.2, 0) is 14.4 Å². The number of hydrogen-bond donors (Lipinski definition) is 2. The molecule has 2 N–H and O–H groups in total. The van der Waals surface area contributed by atoms with E-state index in [4.69, 9.17) is 10.2 Å². The summed E-state index contributed by atoms with van der Waals surface area (Å²) < 4.78 is 0. The molecule has 15 heavy (non-hydrogen) atoms. The average Bonchev–Trinajstić information content (AvgIpc) is 2.15. The van der Waals surface area contributed by atoms with Crippen LogP contribution in [-0.4, -0.2) is 46.4 Å². The van der Waals surface area contributed by atoms with Gasteiger partial charge in [0.1, 0.15) is 0 Å². The first-order valence-corrected chi connectivity index (χ1v) is 4.38. The minimum Gasteiger partial charge on any atom is -0.394 e. The summed E-state index contributed by atoms with van der Waals surface area (Å²) in [6.45, 7) is 5.53. The Morgan fingerprint density at radius 3 is 2.40 bits per heavy atom. The SMILES string of the molecule is C=C(C)C(=O)N(CCO)OC(=O)C(C)O. The molecular weight excluding hydrogens is 202 g/mol. The molecule has 1 amide bonds. The molecule has 0 radical (unpaired) electrons. The van der Waals surface area contributed by atoms with Crippen LogP contribution in [0.25, 0.3) is 0 Å². The summed E-state index contributed by atoms with van der Waals surface area (Å²) in [7, 11) is 0. The molecule has 0 aliphatic carbocycles. The molecule has 0 bridgehead atoms. The standard InChI is InChI=1S/C9H15NO5/c1-6(2)8(13)10(4-5-11)15-9(14)7(3)12/h7,11-12H,1,4-5H2,2-3H3. The lowest BCUT2D eigenvalue weighted by atomic mass is 10.3. The number of hydrogen-bond acceptors (Lipinski definition) is 5. The predicted octanol–water partition coefficient (Wildman–Crippen LogP) is -0.778. The fourth-order valence-electron chi connectivity index (χ4n) is 0.677. The molecule has 0 spiro atoms. The van der Waals surface area contributed by atoms with E-state index >= 15 is 0 Å². The highest BCUT2D eigenvalue weighted by molar-refractivity contribution is 5.92. The van der Waals surface area contributed by atoms with Gasteiger partial charge in [0.15, 0.2) is 6.10 Å². The van der Waals surface area contributed by atoms with E-state index in [0.29, 0.717) is 5.06 Å². The zero-order chi connectivity index (χ0) is 12.0. The van der Waals surface area contributed by atoms with Gasteiger partial charge in [0.05, 0.1) is 13.2 Å². The van der Waals surface area contributed by atoms with Crippen molar-refractivity contribution in [3.8, 4) is 0 Å². The fraction of sp³-hybridized carbons (Fsp3) is 0.556. The van der Waals surface area contributed by atoms with E-state index in [9.17, 15) is 9.59 Å². The van der Waals surface area contributed by atoms with E-state index in [2.05, 4.69) is 11.4 Å². The van der Waals surface area contributed by atoms with Crippen LogP contribution in [0, 0.1) is 0 Å². The van der Waals surface area contributed by atoms with Crippen LogP contribution in [0.3, 0.4) is 0 Å². The lowest BCUT2D eigenvalue weighted by Crippen LogP contribution is -2.38. The highest BCUT2D eigenvalue weighted by Gasteiger charge is 2.21. The minimum absolute atomic E-state index is 0.163. The number of aliphatic hydroxyl groups excluding tert-OH is 2. The van der Waals surface area contributed by atoms with Crippen LogP contribution in [0.1, 0.15) is 13.8 Å². The van der Waals surface area contributed by atoms with Gasteiger partial charge in [-0.05, 0) is 13.8 Å². The number of aliphatic hydroxyl groups is 2. The van der Waals surface area contributed by atoms with Gasteiger partial charge in [0, 0.05) is 5.57 Å². The predicted molar refractivity (Wildman–Crippen MR) is 51.4 cm³/mol. The summed E-state index contributed by atoms with van der Waals surface area (Å²) in [5.74, 6) is -1.57. The fourth-order valence-corrected chi connectivity index (χ4v) is 0.677. The number of hydroxylamine groups is 2. The van der Waals surface area contributed by atoms with E-state index in [1.165, 1.54) is 13.8 Å². The second-order valence-electron chi connectivity index (χ2n) is 3.00. The lowest BCUT2D eigenvalue weighted by Gasteiger charge is -2.20. The summed E-state index contributed by atoms with van der Waals surface area (Å²) >= 11 is 0. The maximum atomic E-state index is 11.3. The highest BCUT2D eigenvalue weighted by atomic mass is 16.7. The molecular formula is C9H15NO5. The van der Waals surface area contributed by atoms with Gasteiger partial charge in [-0.3, -0.25) is 4.79 Å². The molecule has 1 atom stereocenters. The molecule has 6 heteroatoms. The second-order valence-corrected chi connectivity index (χ2v) is 3.00. The third-order valence-electron chi connectivity index (χ3n) is 1.44. The Morgan fingerprint density at radius 2 is 2.07 bits per heavy atom. The molecule has 0 saturated carbocycles. The third kappa shape index (κ3) is 4.57. The number of carbonyl (C=O) groups is 2. The van der Waals surface area contributed by atoms with Gasteiger partial charge in [0.2, 0.25) is 0 Å². The first kappa shape index (κ1) is 13.6. The van der Waals surface area contributed by atoms with Crippen molar-refractivity contribution < 1.29 is 24.6 Å². The van der Waals surface area contributed by atoms with Gasteiger partial charge in [-0.25, -0.2) is 4.79 Å². The van der Waals surface area contributed by atoms with Crippen molar-refractivity contribution in [3.05, 3.63) is 12.2 Å². The molecule has 0 aromatic heterocycles. The first-order chi connectivity index (χ1) is 6.90. The van der Waals surface area contributed by atoms with Crippen LogP contribution < -0.4 is 0 Å². The van der Waals surface area contributed by atoms with E-state index in [1.807, 2.05) is 0 Å². The Balaban J connectivity index is 4.47. The maximum Gasteiger partial charge on any atom is 0.360 e. The summed E-state index contributed by atoms with van der Waals surface area (Å²) in [4.78, 5) is 26.9. The van der Waals surface area contributed by atoms with E-state index < -0.39 is 18.0 Å². The van der Waals surface area contributed by atoms with Crippen molar-refractivity contribution in [2.75, 3.05) is 13.2 Å². The average molecular weight is 217 g/mol. The number of nitrogens with zero attached hydrogens (tertiary/aromatic N) is 1.